The number of nitrogens with one attached hydrogen (secondary N) is 1. The van der Waals surface area contributed by atoms with E-state index >= 15 is 0 Å². The Kier molecular flexibility index (Phi) is 4.52. The van der Waals surface area contributed by atoms with Gasteiger partial charge in [0, 0.05) is 17.1 Å². The minimum Gasteiger partial charge on any atom is -0.439 e. The molecule has 0 fully saturated rings. The van der Waals surface area contributed by atoms with Gasteiger partial charge in [0.15, 0.2) is 0 Å². The number of hydrogen-bond donors (Lipinski definition) is 1. The second-order valence-corrected chi connectivity index (χ2v) is 4.64. The zero-order valence-corrected chi connectivity index (χ0v) is 11.6. The van der Waals surface area contributed by atoms with Gasteiger partial charge in [-0.05, 0) is 30.7 Å². The molecule has 0 aliphatic rings. The highest BCUT2D eigenvalue weighted by Crippen LogP contribution is 2.22. The highest BCUT2D eigenvalue weighted by molar-refractivity contribution is 9.10. The first kappa shape index (κ1) is 12.8. The summed E-state index contributed by atoms with van der Waals surface area (Å²) in [6.45, 7) is 2.99. The van der Waals surface area contributed by atoms with E-state index in [0.29, 0.717) is 5.88 Å². The SMILES string of the molecule is CCCNc1cc(Oc2ccc(Br)cc2)ncn1. The molecule has 1 aromatic heterocycles. The fraction of sp³-hybridized carbons (Fsp3) is 0.231. The lowest BCUT2D eigenvalue weighted by Gasteiger charge is -2.07. The van der Waals surface area contributed by atoms with E-state index < -0.39 is 0 Å². The Morgan fingerprint density at radius 2 is 2.00 bits per heavy atom. The first-order chi connectivity index (χ1) is 8.78. The molecule has 1 heterocycles. The van der Waals surface area contributed by atoms with Crippen LogP contribution < -0.4 is 10.1 Å². The molecular formula is C13H14BrN3O. The minimum atomic E-state index is 0.533. The molecule has 0 aliphatic heterocycles. The quantitative estimate of drug-likeness (QED) is 0.911. The van der Waals surface area contributed by atoms with Crippen molar-refractivity contribution in [2.24, 2.45) is 0 Å². The molecule has 2 aromatic rings. The van der Waals surface area contributed by atoms with Crippen molar-refractivity contribution in [3.05, 3.63) is 41.1 Å². The van der Waals surface area contributed by atoms with Crippen molar-refractivity contribution in [1.29, 1.82) is 0 Å². The van der Waals surface area contributed by atoms with Gasteiger partial charge in [-0.2, -0.15) is 0 Å². The van der Waals surface area contributed by atoms with Crippen LogP contribution in [0.15, 0.2) is 41.1 Å². The monoisotopic (exact) mass is 307 g/mol. The van der Waals surface area contributed by atoms with E-state index in [1.54, 1.807) is 6.07 Å². The Hall–Kier alpha value is -1.62. The van der Waals surface area contributed by atoms with E-state index in [2.05, 4.69) is 38.1 Å². The molecule has 0 radical (unpaired) electrons. The Balaban J connectivity index is 2.06. The third-order valence-electron chi connectivity index (χ3n) is 2.23. The van der Waals surface area contributed by atoms with E-state index in [9.17, 15) is 0 Å². The van der Waals surface area contributed by atoms with Crippen LogP contribution in [0.2, 0.25) is 0 Å². The molecule has 0 unspecified atom stereocenters. The normalized spacial score (nSPS) is 10.1. The van der Waals surface area contributed by atoms with Crippen molar-refractivity contribution in [3.63, 3.8) is 0 Å². The van der Waals surface area contributed by atoms with Crippen molar-refractivity contribution < 1.29 is 4.74 Å². The van der Waals surface area contributed by atoms with E-state index in [1.807, 2.05) is 24.3 Å². The fourth-order valence-electron chi connectivity index (χ4n) is 1.37. The summed E-state index contributed by atoms with van der Waals surface area (Å²) in [5.41, 5.74) is 0. The lowest BCUT2D eigenvalue weighted by Crippen LogP contribution is -2.02. The molecule has 0 bridgehead atoms. The van der Waals surface area contributed by atoms with Crippen molar-refractivity contribution in [2.45, 2.75) is 13.3 Å². The van der Waals surface area contributed by atoms with Gasteiger partial charge in [0.25, 0.3) is 0 Å². The van der Waals surface area contributed by atoms with Crippen LogP contribution in [0.25, 0.3) is 0 Å². The van der Waals surface area contributed by atoms with Gasteiger partial charge in [0.05, 0.1) is 0 Å². The van der Waals surface area contributed by atoms with Gasteiger partial charge >= 0.3 is 0 Å². The smallest absolute Gasteiger partial charge is 0.224 e. The molecule has 0 aliphatic carbocycles. The van der Waals surface area contributed by atoms with Gasteiger partial charge in [-0.3, -0.25) is 0 Å². The predicted octanol–water partition coefficient (Wildman–Crippen LogP) is 3.85. The molecular weight excluding hydrogens is 294 g/mol. The predicted molar refractivity (Wildman–Crippen MR) is 75.0 cm³/mol. The lowest BCUT2D eigenvalue weighted by atomic mass is 10.3. The Bertz CT molecular complexity index is 502. The summed E-state index contributed by atoms with van der Waals surface area (Å²) in [6, 6.07) is 9.40. The Morgan fingerprint density at radius 1 is 1.22 bits per heavy atom. The maximum atomic E-state index is 5.64. The molecule has 5 heteroatoms. The standard InChI is InChI=1S/C13H14BrN3O/c1-2-7-15-12-8-13(17-9-16-12)18-11-5-3-10(14)4-6-11/h3-6,8-9H,2,7H2,1H3,(H,15,16,17). The molecule has 2 rings (SSSR count). The number of anilines is 1. The fourth-order valence-corrected chi connectivity index (χ4v) is 1.63. The van der Waals surface area contributed by atoms with Crippen LogP contribution in [0.4, 0.5) is 5.82 Å². The maximum absolute atomic E-state index is 5.64. The lowest BCUT2D eigenvalue weighted by molar-refractivity contribution is 0.462. The number of hydrogen-bond acceptors (Lipinski definition) is 4. The maximum Gasteiger partial charge on any atom is 0.224 e. The van der Waals surface area contributed by atoms with Gasteiger partial charge in [-0.1, -0.05) is 22.9 Å². The topological polar surface area (TPSA) is 47.0 Å². The number of ether oxygens (including phenoxy) is 1. The molecule has 0 amide bonds. The molecule has 1 aromatic carbocycles. The summed E-state index contributed by atoms with van der Waals surface area (Å²) in [6.07, 6.45) is 2.54. The average molecular weight is 308 g/mol. The summed E-state index contributed by atoms with van der Waals surface area (Å²) in [5.74, 6) is 2.06. The second kappa shape index (κ2) is 6.35. The number of nitrogens with zero attached hydrogens (tertiary/aromatic N) is 2. The van der Waals surface area contributed by atoms with E-state index in [0.717, 1.165) is 29.0 Å². The van der Waals surface area contributed by atoms with E-state index in [-0.39, 0.29) is 0 Å². The van der Waals surface area contributed by atoms with Crippen LogP contribution in [0.1, 0.15) is 13.3 Å². The zero-order chi connectivity index (χ0) is 12.8. The van der Waals surface area contributed by atoms with Gasteiger partial charge in [-0.15, -0.1) is 0 Å². The third kappa shape index (κ3) is 3.70. The molecule has 94 valence electrons. The third-order valence-corrected chi connectivity index (χ3v) is 2.76. The summed E-state index contributed by atoms with van der Waals surface area (Å²) in [7, 11) is 0. The van der Waals surface area contributed by atoms with Crippen LogP contribution in [0.3, 0.4) is 0 Å². The Labute approximate surface area is 115 Å². The van der Waals surface area contributed by atoms with Crippen molar-refractivity contribution >= 4 is 21.7 Å². The van der Waals surface area contributed by atoms with Crippen LogP contribution in [-0.4, -0.2) is 16.5 Å². The van der Waals surface area contributed by atoms with Crippen LogP contribution in [0.5, 0.6) is 11.6 Å². The number of benzene rings is 1. The van der Waals surface area contributed by atoms with Gasteiger partial charge in [0.1, 0.15) is 17.9 Å². The molecule has 0 spiro atoms. The average Bonchev–Trinajstić information content (AvgIpc) is 2.40. The van der Waals surface area contributed by atoms with E-state index in [1.165, 1.54) is 6.33 Å². The number of rotatable bonds is 5. The van der Waals surface area contributed by atoms with Crippen molar-refractivity contribution in [2.75, 3.05) is 11.9 Å². The molecule has 4 nitrogen and oxygen atoms in total. The van der Waals surface area contributed by atoms with Crippen molar-refractivity contribution in [3.8, 4) is 11.6 Å². The van der Waals surface area contributed by atoms with Crippen LogP contribution >= 0.6 is 15.9 Å². The Morgan fingerprint density at radius 3 is 2.72 bits per heavy atom. The van der Waals surface area contributed by atoms with E-state index in [4.69, 9.17) is 4.74 Å². The molecule has 0 atom stereocenters. The highest BCUT2D eigenvalue weighted by Gasteiger charge is 2.01. The first-order valence-electron chi connectivity index (χ1n) is 5.77. The minimum absolute atomic E-state index is 0.533. The molecule has 0 saturated heterocycles. The summed E-state index contributed by atoms with van der Waals surface area (Å²) in [5, 5.41) is 3.19. The van der Waals surface area contributed by atoms with Gasteiger partial charge < -0.3 is 10.1 Å². The zero-order valence-electron chi connectivity index (χ0n) is 10.1. The largest absolute Gasteiger partial charge is 0.439 e. The summed E-state index contributed by atoms with van der Waals surface area (Å²) >= 11 is 3.38. The number of aromatic nitrogens is 2. The second-order valence-electron chi connectivity index (χ2n) is 3.72. The molecule has 1 N–H and O–H groups in total. The van der Waals surface area contributed by atoms with Crippen LogP contribution in [0, 0.1) is 0 Å². The summed E-state index contributed by atoms with van der Waals surface area (Å²) in [4.78, 5) is 8.20. The molecule has 18 heavy (non-hydrogen) atoms. The first-order valence-corrected chi connectivity index (χ1v) is 6.56. The number of halogens is 1. The van der Waals surface area contributed by atoms with Crippen molar-refractivity contribution in [1.82, 2.24) is 9.97 Å². The molecule has 0 saturated carbocycles. The van der Waals surface area contributed by atoms with Gasteiger partial charge in [-0.25, -0.2) is 9.97 Å². The highest BCUT2D eigenvalue weighted by atomic mass is 79.9. The van der Waals surface area contributed by atoms with Gasteiger partial charge in [0.2, 0.25) is 5.88 Å². The van der Waals surface area contributed by atoms with Crippen LogP contribution in [-0.2, 0) is 0 Å². The summed E-state index contributed by atoms with van der Waals surface area (Å²) < 4.78 is 6.66.